The number of amides is 1. The van der Waals surface area contributed by atoms with Crippen molar-refractivity contribution in [2.24, 2.45) is 0 Å². The van der Waals surface area contributed by atoms with Crippen LogP contribution in [0.2, 0.25) is 0 Å². The van der Waals surface area contributed by atoms with Crippen molar-refractivity contribution in [1.29, 1.82) is 0 Å². The summed E-state index contributed by atoms with van der Waals surface area (Å²) in [7, 11) is 0. The number of fused-ring (bicyclic) bond motifs is 1. The normalized spacial score (nSPS) is 10.6. The second-order valence-corrected chi connectivity index (χ2v) is 6.05. The zero-order chi connectivity index (χ0) is 19.3. The zero-order valence-corrected chi connectivity index (χ0v) is 14.8. The van der Waals surface area contributed by atoms with Gasteiger partial charge in [-0.2, -0.15) is 0 Å². The molecule has 0 aliphatic heterocycles. The fraction of sp³-hybridized carbons (Fsp3) is 0.0455. The fourth-order valence-corrected chi connectivity index (χ4v) is 2.73. The number of carbonyl (C=O) groups excluding carboxylic acids is 1. The minimum absolute atomic E-state index is 0.114. The van der Waals surface area contributed by atoms with Gasteiger partial charge in [-0.3, -0.25) is 4.79 Å². The second kappa shape index (κ2) is 7.75. The first-order chi connectivity index (χ1) is 13.7. The molecular weight excluding hydrogens is 356 g/mol. The number of rotatable bonds is 5. The number of nitrogens with one attached hydrogen (secondary N) is 1. The molecule has 0 radical (unpaired) electrons. The number of ether oxygens (including phenoxy) is 1. The molecule has 0 bridgehead atoms. The predicted octanol–water partition coefficient (Wildman–Crippen LogP) is 3.87. The molecule has 0 fully saturated rings. The van der Waals surface area contributed by atoms with E-state index in [9.17, 15) is 9.59 Å². The van der Waals surface area contributed by atoms with Crippen LogP contribution in [0.4, 0.5) is 5.69 Å². The molecular formula is C22H16N2O4. The molecule has 0 saturated carbocycles. The highest BCUT2D eigenvalue weighted by Crippen LogP contribution is 2.22. The average molecular weight is 372 g/mol. The SMILES string of the molecule is O=C(COc1ccccc1)Nc1cccc(-c2nc3ccccc3c(=O)o2)c1. The third kappa shape index (κ3) is 3.91. The van der Waals surface area contributed by atoms with Crippen molar-refractivity contribution in [3.63, 3.8) is 0 Å². The largest absolute Gasteiger partial charge is 0.484 e. The number of hydrogen-bond donors (Lipinski definition) is 1. The molecule has 3 aromatic carbocycles. The molecule has 1 N–H and O–H groups in total. The monoisotopic (exact) mass is 372 g/mol. The van der Waals surface area contributed by atoms with Gasteiger partial charge < -0.3 is 14.5 Å². The van der Waals surface area contributed by atoms with Crippen LogP contribution in [-0.4, -0.2) is 17.5 Å². The van der Waals surface area contributed by atoms with Crippen molar-refractivity contribution in [3.05, 3.63) is 89.3 Å². The first-order valence-corrected chi connectivity index (χ1v) is 8.67. The first kappa shape index (κ1) is 17.5. The van der Waals surface area contributed by atoms with Gasteiger partial charge >= 0.3 is 5.63 Å². The van der Waals surface area contributed by atoms with E-state index in [-0.39, 0.29) is 18.4 Å². The molecule has 28 heavy (non-hydrogen) atoms. The van der Waals surface area contributed by atoms with E-state index in [1.165, 1.54) is 0 Å². The predicted molar refractivity (Wildman–Crippen MR) is 106 cm³/mol. The lowest BCUT2D eigenvalue weighted by Gasteiger charge is -2.08. The topological polar surface area (TPSA) is 81.4 Å². The number of nitrogens with zero attached hydrogens (tertiary/aromatic N) is 1. The summed E-state index contributed by atoms with van der Waals surface area (Å²) in [5.74, 6) is 0.516. The number of benzene rings is 3. The highest BCUT2D eigenvalue weighted by Gasteiger charge is 2.10. The van der Waals surface area contributed by atoms with Gasteiger partial charge in [0.2, 0.25) is 5.89 Å². The van der Waals surface area contributed by atoms with E-state index in [0.29, 0.717) is 27.9 Å². The van der Waals surface area contributed by atoms with Crippen LogP contribution in [0.5, 0.6) is 5.75 Å². The lowest BCUT2D eigenvalue weighted by molar-refractivity contribution is -0.118. The quantitative estimate of drug-likeness (QED) is 0.575. The molecule has 0 aliphatic carbocycles. The molecule has 1 heterocycles. The molecule has 4 rings (SSSR count). The summed E-state index contributed by atoms with van der Waals surface area (Å²) in [6.45, 7) is -0.114. The first-order valence-electron chi connectivity index (χ1n) is 8.67. The Balaban J connectivity index is 1.52. The van der Waals surface area contributed by atoms with E-state index >= 15 is 0 Å². The van der Waals surface area contributed by atoms with Crippen molar-refractivity contribution in [3.8, 4) is 17.2 Å². The van der Waals surface area contributed by atoms with Crippen molar-refractivity contribution in [1.82, 2.24) is 4.98 Å². The number of aromatic nitrogens is 1. The van der Waals surface area contributed by atoms with Gasteiger partial charge in [0, 0.05) is 11.3 Å². The smallest absolute Gasteiger partial charge is 0.347 e. The van der Waals surface area contributed by atoms with Gasteiger partial charge in [0.05, 0.1) is 10.9 Å². The molecule has 1 aromatic heterocycles. The van der Waals surface area contributed by atoms with E-state index in [1.807, 2.05) is 24.3 Å². The molecule has 4 aromatic rings. The van der Waals surface area contributed by atoms with Crippen LogP contribution >= 0.6 is 0 Å². The van der Waals surface area contributed by atoms with E-state index in [4.69, 9.17) is 9.15 Å². The Labute approximate surface area is 160 Å². The highest BCUT2D eigenvalue weighted by molar-refractivity contribution is 5.92. The summed E-state index contributed by atoms with van der Waals surface area (Å²) in [6.07, 6.45) is 0. The average Bonchev–Trinajstić information content (AvgIpc) is 2.73. The lowest BCUT2D eigenvalue weighted by Crippen LogP contribution is -2.20. The molecule has 1 amide bonds. The Morgan fingerprint density at radius 3 is 2.61 bits per heavy atom. The maximum Gasteiger partial charge on any atom is 0.347 e. The van der Waals surface area contributed by atoms with Crippen LogP contribution in [0.25, 0.3) is 22.4 Å². The van der Waals surface area contributed by atoms with Gasteiger partial charge in [-0.15, -0.1) is 0 Å². The number of carbonyl (C=O) groups is 1. The van der Waals surface area contributed by atoms with E-state index in [2.05, 4.69) is 10.3 Å². The number of para-hydroxylation sites is 2. The van der Waals surface area contributed by atoms with Crippen molar-refractivity contribution in [2.45, 2.75) is 0 Å². The van der Waals surface area contributed by atoms with Crippen LogP contribution < -0.4 is 15.7 Å². The Morgan fingerprint density at radius 1 is 0.964 bits per heavy atom. The summed E-state index contributed by atoms with van der Waals surface area (Å²) in [5.41, 5.74) is 1.24. The van der Waals surface area contributed by atoms with Crippen molar-refractivity contribution >= 4 is 22.5 Å². The summed E-state index contributed by atoms with van der Waals surface area (Å²) < 4.78 is 10.8. The van der Waals surface area contributed by atoms with Gasteiger partial charge in [0.25, 0.3) is 5.91 Å². The lowest BCUT2D eigenvalue weighted by atomic mass is 10.2. The molecule has 138 valence electrons. The summed E-state index contributed by atoms with van der Waals surface area (Å²) in [6, 6.07) is 23.0. The second-order valence-electron chi connectivity index (χ2n) is 6.05. The summed E-state index contributed by atoms with van der Waals surface area (Å²) in [4.78, 5) is 28.7. The maximum absolute atomic E-state index is 12.2. The molecule has 6 heteroatoms. The molecule has 0 saturated heterocycles. The van der Waals surface area contributed by atoms with Crippen molar-refractivity contribution in [2.75, 3.05) is 11.9 Å². The Kier molecular flexibility index (Phi) is 4.84. The minimum atomic E-state index is -0.453. The third-order valence-electron chi connectivity index (χ3n) is 4.04. The third-order valence-corrected chi connectivity index (χ3v) is 4.04. The molecule has 0 atom stereocenters. The Bertz CT molecular complexity index is 1190. The van der Waals surface area contributed by atoms with E-state index in [0.717, 1.165) is 0 Å². The zero-order valence-electron chi connectivity index (χ0n) is 14.8. The van der Waals surface area contributed by atoms with Gasteiger partial charge in [-0.1, -0.05) is 36.4 Å². The maximum atomic E-state index is 12.2. The van der Waals surface area contributed by atoms with E-state index < -0.39 is 5.63 Å². The van der Waals surface area contributed by atoms with Gasteiger partial charge in [-0.05, 0) is 42.5 Å². The van der Waals surface area contributed by atoms with Crippen molar-refractivity contribution < 1.29 is 13.9 Å². The van der Waals surface area contributed by atoms with Crippen LogP contribution in [0, 0.1) is 0 Å². The molecule has 6 nitrogen and oxygen atoms in total. The van der Waals surface area contributed by atoms with Crippen LogP contribution in [0.3, 0.4) is 0 Å². The van der Waals surface area contributed by atoms with Crippen LogP contribution in [0.15, 0.2) is 88.1 Å². The van der Waals surface area contributed by atoms with Gasteiger partial charge in [0.1, 0.15) is 5.75 Å². The van der Waals surface area contributed by atoms with Gasteiger partial charge in [-0.25, -0.2) is 9.78 Å². The van der Waals surface area contributed by atoms with Gasteiger partial charge in [0.15, 0.2) is 6.61 Å². The summed E-state index contributed by atoms with van der Waals surface area (Å²) >= 11 is 0. The van der Waals surface area contributed by atoms with Crippen LogP contribution in [-0.2, 0) is 4.79 Å². The number of hydrogen-bond acceptors (Lipinski definition) is 5. The summed E-state index contributed by atoms with van der Waals surface area (Å²) in [5, 5.41) is 3.19. The fourth-order valence-electron chi connectivity index (χ4n) is 2.73. The highest BCUT2D eigenvalue weighted by atomic mass is 16.5. The Morgan fingerprint density at radius 2 is 1.75 bits per heavy atom. The standard InChI is InChI=1S/C22H16N2O4/c25-20(14-27-17-9-2-1-3-10-17)23-16-8-6-7-15(13-16)21-24-19-12-5-4-11-18(19)22(26)28-21/h1-13H,14H2,(H,23,25). The minimum Gasteiger partial charge on any atom is -0.484 e. The molecule has 0 aliphatic rings. The molecule has 0 unspecified atom stereocenters. The Hall–Kier alpha value is -3.93. The van der Waals surface area contributed by atoms with E-state index in [1.54, 1.807) is 54.6 Å². The number of anilines is 1. The molecule has 0 spiro atoms. The van der Waals surface area contributed by atoms with Crippen LogP contribution in [0.1, 0.15) is 0 Å².